The van der Waals surface area contributed by atoms with Gasteiger partial charge in [0.05, 0.1) is 12.2 Å². The summed E-state index contributed by atoms with van der Waals surface area (Å²) in [6, 6.07) is 14.9. The summed E-state index contributed by atoms with van der Waals surface area (Å²) in [7, 11) is 3.50. The number of rotatable bonds is 3. The van der Waals surface area contributed by atoms with Crippen molar-refractivity contribution in [2.24, 2.45) is 5.73 Å². The summed E-state index contributed by atoms with van der Waals surface area (Å²) in [6.45, 7) is 2.59. The van der Waals surface area contributed by atoms with Gasteiger partial charge in [-0.25, -0.2) is 5.32 Å². The normalized spacial score (nSPS) is 26.1. The zero-order valence-corrected chi connectivity index (χ0v) is 16.6. The van der Waals surface area contributed by atoms with Crippen molar-refractivity contribution in [3.63, 3.8) is 0 Å². The standard InChI is InChI=1S/C21H24N4O4/c1-14(26)29-21(22)23-20(19(27)25(21)3,15-7-5-4-6-8-15)16-9-10-17-18(13-16)28-12-11-24(17)2/h4-10,13,23H,11-12,22H2,1-3H3. The molecule has 2 aromatic carbocycles. The van der Waals surface area contributed by atoms with Crippen LogP contribution < -0.4 is 20.7 Å². The van der Waals surface area contributed by atoms with Crippen LogP contribution in [0.5, 0.6) is 5.75 Å². The molecule has 1 fully saturated rings. The van der Waals surface area contributed by atoms with Crippen molar-refractivity contribution in [3.05, 3.63) is 59.7 Å². The van der Waals surface area contributed by atoms with E-state index < -0.39 is 17.5 Å². The zero-order valence-electron chi connectivity index (χ0n) is 16.6. The van der Waals surface area contributed by atoms with Gasteiger partial charge in [-0.2, -0.15) is 0 Å². The molecule has 2 atom stereocenters. The van der Waals surface area contributed by atoms with E-state index in [0.29, 0.717) is 23.5 Å². The second-order valence-electron chi connectivity index (χ2n) is 7.35. The number of benzene rings is 2. The van der Waals surface area contributed by atoms with Crippen molar-refractivity contribution < 1.29 is 19.1 Å². The molecular formula is C21H24N4O4. The van der Waals surface area contributed by atoms with Crippen LogP contribution in [0.1, 0.15) is 18.1 Å². The largest absolute Gasteiger partial charge is 0.490 e. The molecule has 2 unspecified atom stereocenters. The van der Waals surface area contributed by atoms with Crippen molar-refractivity contribution in [3.8, 4) is 5.75 Å². The number of nitrogens with one attached hydrogen (secondary N) is 1. The van der Waals surface area contributed by atoms with Gasteiger partial charge in [-0.05, 0) is 23.3 Å². The first-order valence-corrected chi connectivity index (χ1v) is 9.38. The third kappa shape index (κ3) is 2.92. The maximum atomic E-state index is 13.6. The van der Waals surface area contributed by atoms with Crippen LogP contribution in [0.2, 0.25) is 0 Å². The number of hydrogen-bond acceptors (Lipinski definition) is 7. The van der Waals surface area contributed by atoms with Gasteiger partial charge in [0.2, 0.25) is 0 Å². The highest BCUT2D eigenvalue weighted by Crippen LogP contribution is 2.42. The number of hydrogen-bond donors (Lipinski definition) is 2. The van der Waals surface area contributed by atoms with Crippen LogP contribution in [0.25, 0.3) is 0 Å². The van der Waals surface area contributed by atoms with Crippen molar-refractivity contribution >= 4 is 17.6 Å². The lowest BCUT2D eigenvalue weighted by Crippen LogP contribution is -2.63. The number of likely N-dealkylation sites (N-methyl/N-ethyl adjacent to an activating group) is 2. The Balaban J connectivity index is 1.90. The molecule has 1 saturated heterocycles. The highest BCUT2D eigenvalue weighted by atomic mass is 16.6. The first kappa shape index (κ1) is 19.2. The van der Waals surface area contributed by atoms with E-state index in [0.717, 1.165) is 12.2 Å². The second kappa shape index (κ2) is 6.75. The van der Waals surface area contributed by atoms with E-state index in [2.05, 4.69) is 10.2 Å². The van der Waals surface area contributed by atoms with Gasteiger partial charge in [-0.1, -0.05) is 36.4 Å². The summed E-state index contributed by atoms with van der Waals surface area (Å²) in [5.41, 5.74) is 7.25. The van der Waals surface area contributed by atoms with Gasteiger partial charge in [0, 0.05) is 21.0 Å². The van der Waals surface area contributed by atoms with Gasteiger partial charge in [0.25, 0.3) is 5.91 Å². The van der Waals surface area contributed by atoms with E-state index in [9.17, 15) is 9.59 Å². The molecule has 3 N–H and O–H groups in total. The number of carbonyl (C=O) groups excluding carboxylic acids is 2. The number of esters is 1. The number of carbonyl (C=O) groups is 2. The average Bonchev–Trinajstić information content (AvgIpc) is 2.90. The van der Waals surface area contributed by atoms with Gasteiger partial charge in [0.1, 0.15) is 12.4 Å². The van der Waals surface area contributed by atoms with E-state index in [-0.39, 0.29) is 5.91 Å². The molecule has 8 heteroatoms. The molecule has 1 amide bonds. The highest BCUT2D eigenvalue weighted by molar-refractivity contribution is 5.94. The minimum Gasteiger partial charge on any atom is -0.490 e. The predicted molar refractivity (Wildman–Crippen MR) is 107 cm³/mol. The number of ether oxygens (including phenoxy) is 2. The molecule has 0 saturated carbocycles. The van der Waals surface area contributed by atoms with E-state index in [1.165, 1.54) is 18.9 Å². The summed E-state index contributed by atoms with van der Waals surface area (Å²) < 4.78 is 11.1. The van der Waals surface area contributed by atoms with E-state index in [1.54, 1.807) is 0 Å². The van der Waals surface area contributed by atoms with Crippen LogP contribution in [0.4, 0.5) is 5.69 Å². The molecule has 4 rings (SSSR count). The van der Waals surface area contributed by atoms with Gasteiger partial charge in [-0.3, -0.25) is 20.2 Å². The fraction of sp³-hybridized carbons (Fsp3) is 0.333. The SMILES string of the molecule is CC(=O)OC1(N)NC(c2ccccc2)(c2ccc3c(c2)OCCN3C)C(=O)N1C. The summed E-state index contributed by atoms with van der Waals surface area (Å²) >= 11 is 0. The number of anilines is 1. The molecular weight excluding hydrogens is 372 g/mol. The molecule has 0 radical (unpaired) electrons. The Morgan fingerprint density at radius 3 is 2.59 bits per heavy atom. The molecule has 29 heavy (non-hydrogen) atoms. The van der Waals surface area contributed by atoms with Crippen molar-refractivity contribution in [2.75, 3.05) is 32.1 Å². The van der Waals surface area contributed by atoms with E-state index in [1.807, 2.05) is 55.6 Å². The molecule has 8 nitrogen and oxygen atoms in total. The quantitative estimate of drug-likeness (QED) is 0.589. The fourth-order valence-electron chi connectivity index (χ4n) is 3.96. The van der Waals surface area contributed by atoms with Crippen LogP contribution in [0.15, 0.2) is 48.5 Å². The minimum absolute atomic E-state index is 0.337. The first-order valence-electron chi connectivity index (χ1n) is 9.38. The average molecular weight is 396 g/mol. The van der Waals surface area contributed by atoms with Crippen LogP contribution in [-0.2, 0) is 19.9 Å². The lowest BCUT2D eigenvalue weighted by Gasteiger charge is -2.33. The molecule has 0 aliphatic carbocycles. The fourth-order valence-corrected chi connectivity index (χ4v) is 3.96. The minimum atomic E-state index is -1.79. The summed E-state index contributed by atoms with van der Waals surface area (Å²) in [5.74, 6) is -2.03. The van der Waals surface area contributed by atoms with E-state index in [4.69, 9.17) is 15.2 Å². The molecule has 2 aliphatic rings. The topological polar surface area (TPSA) is 97.1 Å². The van der Waals surface area contributed by atoms with E-state index >= 15 is 0 Å². The first-order chi connectivity index (χ1) is 13.8. The molecule has 2 heterocycles. The van der Waals surface area contributed by atoms with Crippen molar-refractivity contribution in [1.29, 1.82) is 0 Å². The monoisotopic (exact) mass is 396 g/mol. The zero-order chi connectivity index (χ0) is 20.8. The lowest BCUT2D eigenvalue weighted by atomic mass is 9.82. The third-order valence-corrected chi connectivity index (χ3v) is 5.48. The Labute approximate surface area is 169 Å². The van der Waals surface area contributed by atoms with Crippen LogP contribution in [0, 0.1) is 0 Å². The maximum absolute atomic E-state index is 13.6. The predicted octanol–water partition coefficient (Wildman–Crippen LogP) is 0.954. The lowest BCUT2D eigenvalue weighted by molar-refractivity contribution is -0.180. The van der Waals surface area contributed by atoms with Gasteiger partial charge < -0.3 is 14.4 Å². The van der Waals surface area contributed by atoms with Crippen LogP contribution in [0.3, 0.4) is 0 Å². The molecule has 0 spiro atoms. The summed E-state index contributed by atoms with van der Waals surface area (Å²) in [5, 5.41) is 3.10. The molecule has 152 valence electrons. The Kier molecular flexibility index (Phi) is 4.48. The third-order valence-electron chi connectivity index (χ3n) is 5.48. The van der Waals surface area contributed by atoms with Crippen LogP contribution in [-0.4, -0.2) is 50.0 Å². The molecule has 0 aromatic heterocycles. The van der Waals surface area contributed by atoms with Gasteiger partial charge in [0.15, 0.2) is 5.54 Å². The summed E-state index contributed by atoms with van der Waals surface area (Å²) in [6.07, 6.45) is 0. The second-order valence-corrected chi connectivity index (χ2v) is 7.35. The molecule has 2 aliphatic heterocycles. The Hall–Kier alpha value is -3.10. The Morgan fingerprint density at radius 2 is 1.90 bits per heavy atom. The van der Waals surface area contributed by atoms with Gasteiger partial charge in [-0.15, -0.1) is 0 Å². The molecule has 2 aromatic rings. The highest BCUT2D eigenvalue weighted by Gasteiger charge is 2.60. The summed E-state index contributed by atoms with van der Waals surface area (Å²) in [4.78, 5) is 28.6. The maximum Gasteiger partial charge on any atom is 0.307 e. The Morgan fingerprint density at radius 1 is 1.17 bits per heavy atom. The number of amides is 1. The van der Waals surface area contributed by atoms with Crippen molar-refractivity contribution in [2.45, 2.75) is 18.4 Å². The number of fused-ring (bicyclic) bond motifs is 1. The molecule has 0 bridgehead atoms. The van der Waals surface area contributed by atoms with Gasteiger partial charge >= 0.3 is 11.9 Å². The van der Waals surface area contributed by atoms with Crippen molar-refractivity contribution in [1.82, 2.24) is 10.2 Å². The number of nitrogens with two attached hydrogens (primary N) is 1. The number of nitrogens with zero attached hydrogens (tertiary/aromatic N) is 2. The Bertz CT molecular complexity index is 966. The van der Waals surface area contributed by atoms with Crippen LogP contribution >= 0.6 is 0 Å². The smallest absolute Gasteiger partial charge is 0.307 e.